The van der Waals surface area contributed by atoms with Gasteiger partial charge in [-0.15, -0.1) is 0 Å². The van der Waals surface area contributed by atoms with Crippen LogP contribution in [0.3, 0.4) is 0 Å². The third-order valence-electron chi connectivity index (χ3n) is 4.24. The molecule has 23 heavy (non-hydrogen) atoms. The molecule has 0 atom stereocenters. The lowest BCUT2D eigenvalue weighted by molar-refractivity contribution is 0.209. The zero-order chi connectivity index (χ0) is 16.2. The van der Waals surface area contributed by atoms with Crippen LogP contribution < -0.4 is 16.0 Å². The number of aromatic nitrogens is 2. The number of rotatable bonds is 4. The zero-order valence-corrected chi connectivity index (χ0v) is 13.7. The van der Waals surface area contributed by atoms with Crippen LogP contribution in [0, 0.1) is 0 Å². The number of piperazine rings is 1. The minimum atomic E-state index is 0.460. The highest BCUT2D eigenvalue weighted by atomic mass is 15.3. The third kappa shape index (κ3) is 3.90. The number of nitrogens with zero attached hydrogens (tertiary/aromatic N) is 4. The molecule has 1 saturated heterocycles. The van der Waals surface area contributed by atoms with Crippen LogP contribution in [-0.2, 0) is 0 Å². The van der Waals surface area contributed by atoms with Crippen molar-refractivity contribution in [1.82, 2.24) is 14.9 Å². The summed E-state index contributed by atoms with van der Waals surface area (Å²) in [7, 11) is 0. The van der Waals surface area contributed by atoms with Gasteiger partial charge in [-0.3, -0.25) is 4.90 Å². The Morgan fingerprint density at radius 3 is 2.35 bits per heavy atom. The average molecular weight is 312 g/mol. The van der Waals surface area contributed by atoms with Gasteiger partial charge in [0.05, 0.1) is 0 Å². The molecule has 0 unspecified atom stereocenters. The minimum Gasteiger partial charge on any atom is -0.384 e. The molecule has 1 aromatic heterocycles. The van der Waals surface area contributed by atoms with E-state index in [2.05, 4.69) is 63.2 Å². The first-order chi connectivity index (χ1) is 11.1. The van der Waals surface area contributed by atoms with E-state index < -0.39 is 0 Å². The van der Waals surface area contributed by atoms with E-state index in [1.165, 1.54) is 12.0 Å². The van der Waals surface area contributed by atoms with Crippen LogP contribution in [0.5, 0.6) is 0 Å². The molecule has 6 nitrogen and oxygen atoms in total. The lowest BCUT2D eigenvalue weighted by Crippen LogP contribution is -2.48. The fraction of sp³-hybridized carbons (Fsp3) is 0.412. The summed E-state index contributed by atoms with van der Waals surface area (Å²) in [6.07, 6.45) is 1.46. The van der Waals surface area contributed by atoms with Crippen LogP contribution >= 0.6 is 0 Å². The molecule has 1 fully saturated rings. The van der Waals surface area contributed by atoms with E-state index in [9.17, 15) is 0 Å². The summed E-state index contributed by atoms with van der Waals surface area (Å²) in [5.41, 5.74) is 7.92. The van der Waals surface area contributed by atoms with Crippen LogP contribution in [-0.4, -0.2) is 47.1 Å². The van der Waals surface area contributed by atoms with Crippen LogP contribution in [0.1, 0.15) is 13.8 Å². The average Bonchev–Trinajstić information content (AvgIpc) is 2.56. The van der Waals surface area contributed by atoms with Crippen molar-refractivity contribution in [1.29, 1.82) is 0 Å². The predicted molar refractivity (Wildman–Crippen MR) is 95.1 cm³/mol. The molecule has 2 aromatic rings. The number of benzene rings is 1. The van der Waals surface area contributed by atoms with Crippen molar-refractivity contribution in [2.24, 2.45) is 0 Å². The van der Waals surface area contributed by atoms with E-state index in [1.54, 1.807) is 6.07 Å². The second kappa shape index (κ2) is 6.83. The first-order valence-corrected chi connectivity index (χ1v) is 8.05. The predicted octanol–water partition coefficient (Wildman–Crippen LogP) is 2.33. The zero-order valence-electron chi connectivity index (χ0n) is 13.7. The molecular weight excluding hydrogens is 288 g/mol. The lowest BCUT2D eigenvalue weighted by Gasteiger charge is -2.38. The fourth-order valence-electron chi connectivity index (χ4n) is 2.84. The molecule has 1 aliphatic rings. The van der Waals surface area contributed by atoms with Gasteiger partial charge in [0.2, 0.25) is 0 Å². The van der Waals surface area contributed by atoms with Gasteiger partial charge < -0.3 is 16.0 Å². The van der Waals surface area contributed by atoms with Crippen LogP contribution in [0.2, 0.25) is 0 Å². The lowest BCUT2D eigenvalue weighted by atomic mass is 10.2. The highest BCUT2D eigenvalue weighted by Crippen LogP contribution is 2.22. The maximum Gasteiger partial charge on any atom is 0.135 e. The Bertz CT molecular complexity index is 632. The second-order valence-electron chi connectivity index (χ2n) is 6.12. The highest BCUT2D eigenvalue weighted by Gasteiger charge is 2.18. The molecule has 1 aliphatic heterocycles. The Kier molecular flexibility index (Phi) is 4.62. The largest absolute Gasteiger partial charge is 0.384 e. The standard InChI is InChI=1S/C17H24N6/c1-13(2)22-7-9-23(10-8-22)15-5-3-14(4-6-15)21-17-11-16(18)19-12-20-17/h3-6,11-13H,7-10H2,1-2H3,(H3,18,19,20,21). The molecule has 0 aliphatic carbocycles. The molecule has 0 radical (unpaired) electrons. The molecule has 6 heteroatoms. The summed E-state index contributed by atoms with van der Waals surface area (Å²) in [4.78, 5) is 13.0. The highest BCUT2D eigenvalue weighted by molar-refractivity contribution is 5.62. The topological polar surface area (TPSA) is 70.3 Å². The Morgan fingerprint density at radius 2 is 1.74 bits per heavy atom. The fourth-order valence-corrected chi connectivity index (χ4v) is 2.84. The molecule has 0 saturated carbocycles. The van der Waals surface area contributed by atoms with Crippen molar-refractivity contribution in [3.05, 3.63) is 36.7 Å². The molecule has 0 bridgehead atoms. The van der Waals surface area contributed by atoms with E-state index >= 15 is 0 Å². The van der Waals surface area contributed by atoms with Crippen LogP contribution in [0.15, 0.2) is 36.7 Å². The molecule has 0 amide bonds. The van der Waals surface area contributed by atoms with E-state index in [1.807, 2.05) is 0 Å². The maximum atomic E-state index is 5.66. The first-order valence-electron chi connectivity index (χ1n) is 8.05. The number of hydrogen-bond acceptors (Lipinski definition) is 6. The van der Waals surface area contributed by atoms with Gasteiger partial charge in [0.25, 0.3) is 0 Å². The molecule has 0 spiro atoms. The van der Waals surface area contributed by atoms with Crippen molar-refractivity contribution in [3.63, 3.8) is 0 Å². The number of nitrogen functional groups attached to an aromatic ring is 1. The van der Waals surface area contributed by atoms with Gasteiger partial charge in [0.1, 0.15) is 18.0 Å². The monoisotopic (exact) mass is 312 g/mol. The summed E-state index contributed by atoms with van der Waals surface area (Å²) < 4.78 is 0. The van der Waals surface area contributed by atoms with Crippen LogP contribution in [0.4, 0.5) is 23.0 Å². The minimum absolute atomic E-state index is 0.460. The number of nitrogens with one attached hydrogen (secondary N) is 1. The summed E-state index contributed by atoms with van der Waals surface area (Å²) >= 11 is 0. The molecule has 3 N–H and O–H groups in total. The van der Waals surface area contributed by atoms with E-state index in [0.717, 1.165) is 31.9 Å². The molecule has 2 heterocycles. The summed E-state index contributed by atoms with van der Waals surface area (Å²) in [6, 6.07) is 10.8. The first kappa shape index (κ1) is 15.6. The van der Waals surface area contributed by atoms with Gasteiger partial charge in [0, 0.05) is 49.7 Å². The second-order valence-corrected chi connectivity index (χ2v) is 6.12. The Hall–Kier alpha value is -2.34. The van der Waals surface area contributed by atoms with E-state index in [0.29, 0.717) is 17.7 Å². The summed E-state index contributed by atoms with van der Waals surface area (Å²) in [5.74, 6) is 1.16. The van der Waals surface area contributed by atoms with E-state index in [-0.39, 0.29) is 0 Å². The van der Waals surface area contributed by atoms with Gasteiger partial charge in [0.15, 0.2) is 0 Å². The third-order valence-corrected chi connectivity index (χ3v) is 4.24. The van der Waals surface area contributed by atoms with E-state index in [4.69, 9.17) is 5.73 Å². The summed E-state index contributed by atoms with van der Waals surface area (Å²) in [5, 5.41) is 3.24. The van der Waals surface area contributed by atoms with Crippen molar-refractivity contribution in [2.45, 2.75) is 19.9 Å². The Morgan fingerprint density at radius 1 is 1.04 bits per heavy atom. The van der Waals surface area contributed by atoms with Crippen molar-refractivity contribution >= 4 is 23.0 Å². The smallest absolute Gasteiger partial charge is 0.135 e. The maximum absolute atomic E-state index is 5.66. The number of hydrogen-bond donors (Lipinski definition) is 2. The number of anilines is 4. The van der Waals surface area contributed by atoms with Crippen molar-refractivity contribution < 1.29 is 0 Å². The number of nitrogens with two attached hydrogens (primary N) is 1. The van der Waals surface area contributed by atoms with Crippen molar-refractivity contribution in [2.75, 3.05) is 42.1 Å². The summed E-state index contributed by atoms with van der Waals surface area (Å²) in [6.45, 7) is 8.92. The molecular formula is C17H24N6. The Balaban J connectivity index is 1.61. The quantitative estimate of drug-likeness (QED) is 0.903. The van der Waals surface area contributed by atoms with Crippen LogP contribution in [0.25, 0.3) is 0 Å². The van der Waals surface area contributed by atoms with Crippen molar-refractivity contribution in [3.8, 4) is 0 Å². The van der Waals surface area contributed by atoms with Gasteiger partial charge in [-0.05, 0) is 38.1 Å². The van der Waals surface area contributed by atoms with Gasteiger partial charge in [-0.25, -0.2) is 9.97 Å². The molecule has 1 aromatic carbocycles. The normalized spacial score (nSPS) is 15.9. The molecule has 122 valence electrons. The van der Waals surface area contributed by atoms with Gasteiger partial charge in [-0.1, -0.05) is 0 Å². The SMILES string of the molecule is CC(C)N1CCN(c2ccc(Nc3cc(N)ncn3)cc2)CC1. The Labute approximate surface area is 137 Å². The molecule has 3 rings (SSSR count). The van der Waals surface area contributed by atoms with Gasteiger partial charge >= 0.3 is 0 Å². The van der Waals surface area contributed by atoms with Gasteiger partial charge in [-0.2, -0.15) is 0 Å².